The number of aromatic nitrogens is 5. The number of benzene rings is 1. The van der Waals surface area contributed by atoms with Crippen LogP contribution in [0.1, 0.15) is 26.2 Å². The van der Waals surface area contributed by atoms with Crippen LogP contribution in [-0.2, 0) is 6.54 Å². The second kappa shape index (κ2) is 7.57. The zero-order valence-electron chi connectivity index (χ0n) is 16.5. The maximum atomic E-state index is 6.43. The summed E-state index contributed by atoms with van der Waals surface area (Å²) in [7, 11) is 0. The van der Waals surface area contributed by atoms with E-state index in [-0.39, 0.29) is 0 Å². The van der Waals surface area contributed by atoms with E-state index in [1.807, 2.05) is 18.3 Å². The van der Waals surface area contributed by atoms with Crippen LogP contribution in [0.3, 0.4) is 0 Å². The zero-order chi connectivity index (χ0) is 19.8. The number of hydrogen-bond acceptors (Lipinski definition) is 7. The fourth-order valence-electron chi connectivity index (χ4n) is 4.43. The summed E-state index contributed by atoms with van der Waals surface area (Å²) in [5.74, 6) is 0.668. The minimum Gasteiger partial charge on any atom is -0.370 e. The van der Waals surface area contributed by atoms with Gasteiger partial charge in [-0.3, -0.25) is 0 Å². The lowest BCUT2D eigenvalue weighted by molar-refractivity contribution is 0.374. The summed E-state index contributed by atoms with van der Waals surface area (Å²) in [6, 6.07) is 8.16. The summed E-state index contributed by atoms with van der Waals surface area (Å²) in [5, 5.41) is 14.7. The molecule has 9 heteroatoms. The van der Waals surface area contributed by atoms with Crippen LogP contribution >= 0.6 is 22.9 Å². The molecule has 2 aliphatic rings. The smallest absolute Gasteiger partial charge is 0.216 e. The molecule has 0 aliphatic carbocycles. The van der Waals surface area contributed by atoms with Gasteiger partial charge in [0, 0.05) is 31.6 Å². The number of anilines is 2. The average Bonchev–Trinajstić information content (AvgIpc) is 3.50. The van der Waals surface area contributed by atoms with Gasteiger partial charge in [0.1, 0.15) is 0 Å². The predicted molar refractivity (Wildman–Crippen MR) is 117 cm³/mol. The Morgan fingerprint density at radius 3 is 2.76 bits per heavy atom. The summed E-state index contributed by atoms with van der Waals surface area (Å²) in [6.07, 6.45) is 5.25. The average molecular weight is 430 g/mol. The van der Waals surface area contributed by atoms with E-state index in [4.69, 9.17) is 11.6 Å². The summed E-state index contributed by atoms with van der Waals surface area (Å²) in [4.78, 5) is 12.2. The predicted octanol–water partition coefficient (Wildman–Crippen LogP) is 3.97. The Morgan fingerprint density at radius 2 is 1.93 bits per heavy atom. The van der Waals surface area contributed by atoms with Crippen molar-refractivity contribution in [1.29, 1.82) is 0 Å². The molecule has 0 N–H and O–H groups in total. The molecule has 1 unspecified atom stereocenters. The topological polar surface area (TPSA) is 63.0 Å². The van der Waals surface area contributed by atoms with Crippen LogP contribution in [0.4, 0.5) is 10.8 Å². The van der Waals surface area contributed by atoms with Crippen LogP contribution in [0.15, 0.2) is 30.5 Å². The Kier molecular flexibility index (Phi) is 4.91. The van der Waals surface area contributed by atoms with Crippen LogP contribution in [0.2, 0.25) is 5.02 Å². The Balaban J connectivity index is 1.28. The first-order valence-electron chi connectivity index (χ1n) is 10.1. The summed E-state index contributed by atoms with van der Waals surface area (Å²) >= 11 is 8.09. The number of halogens is 1. The van der Waals surface area contributed by atoms with E-state index in [9.17, 15) is 0 Å². The van der Waals surface area contributed by atoms with Crippen molar-refractivity contribution in [3.05, 3.63) is 35.5 Å². The number of nitrogens with zero attached hydrogens (tertiary/aromatic N) is 7. The molecule has 1 atom stereocenters. The van der Waals surface area contributed by atoms with E-state index in [1.165, 1.54) is 12.8 Å². The number of tetrazole rings is 1. The van der Waals surface area contributed by atoms with Crippen LogP contribution < -0.4 is 9.80 Å². The molecule has 0 radical (unpaired) electrons. The van der Waals surface area contributed by atoms with Gasteiger partial charge >= 0.3 is 0 Å². The van der Waals surface area contributed by atoms with Gasteiger partial charge in [-0.25, -0.2) is 4.98 Å². The molecule has 3 aromatic rings. The van der Waals surface area contributed by atoms with E-state index >= 15 is 0 Å². The third kappa shape index (κ3) is 3.59. The highest BCUT2D eigenvalue weighted by atomic mass is 35.5. The highest BCUT2D eigenvalue weighted by molar-refractivity contribution is 7.18. The molecule has 152 valence electrons. The van der Waals surface area contributed by atoms with Crippen LogP contribution in [-0.4, -0.2) is 51.4 Å². The van der Waals surface area contributed by atoms with E-state index in [0.717, 1.165) is 59.9 Å². The lowest BCUT2D eigenvalue weighted by Crippen LogP contribution is -2.30. The zero-order valence-corrected chi connectivity index (χ0v) is 18.0. The van der Waals surface area contributed by atoms with E-state index in [0.29, 0.717) is 11.2 Å². The van der Waals surface area contributed by atoms with Crippen molar-refractivity contribution in [1.82, 2.24) is 25.2 Å². The highest BCUT2D eigenvalue weighted by Crippen LogP contribution is 2.44. The fourth-order valence-corrected chi connectivity index (χ4v) is 5.55. The minimum atomic E-state index is 0.313. The van der Waals surface area contributed by atoms with Crippen molar-refractivity contribution in [2.75, 3.05) is 36.0 Å². The molecule has 2 saturated heterocycles. The van der Waals surface area contributed by atoms with Crippen LogP contribution in [0.5, 0.6) is 0 Å². The Labute approximate surface area is 179 Å². The van der Waals surface area contributed by atoms with Gasteiger partial charge in [-0.1, -0.05) is 42.0 Å². The molecule has 4 heterocycles. The van der Waals surface area contributed by atoms with Gasteiger partial charge in [-0.2, -0.15) is 4.80 Å². The lowest BCUT2D eigenvalue weighted by Gasteiger charge is -2.26. The van der Waals surface area contributed by atoms with Gasteiger partial charge in [0.25, 0.3) is 0 Å². The van der Waals surface area contributed by atoms with E-state index < -0.39 is 0 Å². The van der Waals surface area contributed by atoms with Crippen molar-refractivity contribution in [3.8, 4) is 10.7 Å². The number of aryl methyl sites for hydroxylation is 1. The number of hydrogen-bond donors (Lipinski definition) is 0. The van der Waals surface area contributed by atoms with Gasteiger partial charge < -0.3 is 9.80 Å². The van der Waals surface area contributed by atoms with Crippen LogP contribution in [0.25, 0.3) is 10.7 Å². The molecule has 7 nitrogen and oxygen atoms in total. The summed E-state index contributed by atoms with van der Waals surface area (Å²) in [5.41, 5.74) is 1.47. The van der Waals surface area contributed by atoms with Crippen molar-refractivity contribution in [3.63, 3.8) is 0 Å². The van der Waals surface area contributed by atoms with Gasteiger partial charge in [0.2, 0.25) is 5.82 Å². The Morgan fingerprint density at radius 1 is 1.14 bits per heavy atom. The van der Waals surface area contributed by atoms with Gasteiger partial charge in [-0.15, -0.1) is 10.2 Å². The molecule has 0 amide bonds. The second-order valence-electron chi connectivity index (χ2n) is 8.01. The maximum Gasteiger partial charge on any atom is 0.216 e. The second-order valence-corrected chi connectivity index (χ2v) is 9.43. The molecule has 1 aromatic carbocycles. The molecular formula is C20H24ClN7S. The number of para-hydroxylation sites is 1. The lowest BCUT2D eigenvalue weighted by atomic mass is 9.86. The molecule has 0 saturated carbocycles. The molecular weight excluding hydrogens is 406 g/mol. The van der Waals surface area contributed by atoms with Crippen molar-refractivity contribution in [2.24, 2.45) is 5.41 Å². The summed E-state index contributed by atoms with van der Waals surface area (Å²) in [6.45, 7) is 7.09. The monoisotopic (exact) mass is 429 g/mol. The van der Waals surface area contributed by atoms with E-state index in [2.05, 4.69) is 49.3 Å². The SMILES string of the molecule is CCCn1nnc(-c2cnc(N3CCC4(CCN(c5ccccc5Cl)C4)C3)s2)n1. The number of rotatable bonds is 5. The third-order valence-electron chi connectivity index (χ3n) is 5.93. The third-order valence-corrected chi connectivity index (χ3v) is 7.30. The molecule has 2 aromatic heterocycles. The maximum absolute atomic E-state index is 6.43. The molecule has 29 heavy (non-hydrogen) atoms. The fraction of sp³-hybridized carbons (Fsp3) is 0.500. The van der Waals surface area contributed by atoms with Crippen molar-refractivity contribution < 1.29 is 0 Å². The first kappa shape index (κ1) is 18.8. The number of thiazole rings is 1. The largest absolute Gasteiger partial charge is 0.370 e. The quantitative estimate of drug-likeness (QED) is 0.611. The molecule has 2 fully saturated rings. The standard InChI is InChI=1S/C20H24ClN7S/c1-2-9-28-24-18(23-25-28)17-12-22-19(29-17)27-11-8-20(14-27)7-10-26(13-20)16-6-4-3-5-15(16)21/h3-6,12H,2,7-11,13-14H2,1H3. The molecule has 0 bridgehead atoms. The minimum absolute atomic E-state index is 0.313. The summed E-state index contributed by atoms with van der Waals surface area (Å²) < 4.78 is 0. The molecule has 5 rings (SSSR count). The molecule has 2 aliphatic heterocycles. The van der Waals surface area contributed by atoms with Gasteiger partial charge in [-0.05, 0) is 36.6 Å². The van der Waals surface area contributed by atoms with Gasteiger partial charge in [0.15, 0.2) is 5.13 Å². The van der Waals surface area contributed by atoms with E-state index in [1.54, 1.807) is 16.1 Å². The van der Waals surface area contributed by atoms with Crippen LogP contribution in [0, 0.1) is 5.41 Å². The van der Waals surface area contributed by atoms with Crippen molar-refractivity contribution >= 4 is 33.8 Å². The first-order chi connectivity index (χ1) is 14.2. The first-order valence-corrected chi connectivity index (χ1v) is 11.3. The Hall–Kier alpha value is -2.19. The molecule has 1 spiro atoms. The van der Waals surface area contributed by atoms with Gasteiger partial charge in [0.05, 0.1) is 28.3 Å². The Bertz CT molecular complexity index is 1000. The normalized spacial score (nSPS) is 21.6. The van der Waals surface area contributed by atoms with Crippen molar-refractivity contribution in [2.45, 2.75) is 32.7 Å². The highest BCUT2D eigenvalue weighted by Gasteiger charge is 2.44.